The Morgan fingerprint density at radius 2 is 1.94 bits per heavy atom. The first kappa shape index (κ1) is 10.2. The number of H-pyrrole nitrogens is 1. The Bertz CT molecular complexity index is 681. The summed E-state index contributed by atoms with van der Waals surface area (Å²) >= 11 is 1.56. The van der Waals surface area contributed by atoms with Crippen LogP contribution in [0.2, 0.25) is 0 Å². The Balaban J connectivity index is 2.08. The second-order valence-electron chi connectivity index (χ2n) is 3.70. The highest BCUT2D eigenvalue weighted by molar-refractivity contribution is 7.16. The van der Waals surface area contributed by atoms with Gasteiger partial charge in [-0.15, -0.1) is 11.3 Å². The summed E-state index contributed by atoms with van der Waals surface area (Å²) in [7, 11) is 0. The summed E-state index contributed by atoms with van der Waals surface area (Å²) in [5, 5.41) is 2.85. The Kier molecular flexibility index (Phi) is 2.30. The normalized spacial score (nSPS) is 10.9. The van der Waals surface area contributed by atoms with Crippen molar-refractivity contribution < 1.29 is 9.18 Å². The summed E-state index contributed by atoms with van der Waals surface area (Å²) in [6.45, 7) is 0. The molecule has 0 amide bonds. The lowest BCUT2D eigenvalue weighted by Crippen LogP contribution is -1.99. The van der Waals surface area contributed by atoms with E-state index in [0.717, 1.165) is 10.2 Å². The Morgan fingerprint density at radius 1 is 1.18 bits per heavy atom. The molecule has 0 aliphatic carbocycles. The molecule has 1 N–H and O–H groups in total. The van der Waals surface area contributed by atoms with Gasteiger partial charge in [0.1, 0.15) is 10.6 Å². The zero-order chi connectivity index (χ0) is 11.8. The highest BCUT2D eigenvalue weighted by Gasteiger charge is 2.14. The molecule has 17 heavy (non-hydrogen) atoms. The minimum absolute atomic E-state index is 0.0883. The number of thiophene rings is 1. The molecule has 0 aliphatic rings. The fourth-order valence-corrected chi connectivity index (χ4v) is 2.57. The summed E-state index contributed by atoms with van der Waals surface area (Å²) in [6.07, 6.45) is 1.70. The average Bonchev–Trinajstić information content (AvgIpc) is 2.90. The lowest BCUT2D eigenvalue weighted by Gasteiger charge is -1.98. The van der Waals surface area contributed by atoms with Gasteiger partial charge in [0.25, 0.3) is 0 Å². The van der Waals surface area contributed by atoms with Crippen LogP contribution in [0.25, 0.3) is 10.2 Å². The van der Waals surface area contributed by atoms with Crippen LogP contribution < -0.4 is 0 Å². The van der Waals surface area contributed by atoms with Gasteiger partial charge in [-0.2, -0.15) is 0 Å². The van der Waals surface area contributed by atoms with Gasteiger partial charge in [0.05, 0.1) is 0 Å². The number of aromatic nitrogens is 1. The van der Waals surface area contributed by atoms with Crippen LogP contribution in [0.1, 0.15) is 15.9 Å². The third-order valence-electron chi connectivity index (χ3n) is 2.65. The van der Waals surface area contributed by atoms with Crippen molar-refractivity contribution in [2.45, 2.75) is 0 Å². The molecule has 0 spiro atoms. The SMILES string of the molecule is O=C(c1ccc(F)cc1)c1c[nH]c2sccc12. The van der Waals surface area contributed by atoms with E-state index < -0.39 is 0 Å². The number of hydrogen-bond acceptors (Lipinski definition) is 2. The van der Waals surface area contributed by atoms with Gasteiger partial charge in [0, 0.05) is 22.7 Å². The van der Waals surface area contributed by atoms with Gasteiger partial charge in [-0.05, 0) is 35.7 Å². The summed E-state index contributed by atoms with van der Waals surface area (Å²) < 4.78 is 12.8. The van der Waals surface area contributed by atoms with Crippen LogP contribution in [0.15, 0.2) is 41.9 Å². The van der Waals surface area contributed by atoms with Crippen LogP contribution in [0, 0.1) is 5.82 Å². The topological polar surface area (TPSA) is 32.9 Å². The maximum absolute atomic E-state index is 12.8. The molecule has 0 bridgehead atoms. The van der Waals surface area contributed by atoms with Crippen LogP contribution in [-0.2, 0) is 0 Å². The molecule has 84 valence electrons. The highest BCUT2D eigenvalue weighted by Crippen LogP contribution is 2.25. The lowest BCUT2D eigenvalue weighted by atomic mass is 10.0. The van der Waals surface area contributed by atoms with Gasteiger partial charge in [0.2, 0.25) is 0 Å². The fourth-order valence-electron chi connectivity index (χ4n) is 1.79. The Labute approximate surface area is 101 Å². The van der Waals surface area contributed by atoms with E-state index in [1.54, 1.807) is 17.5 Å². The molecule has 0 fully saturated rings. The van der Waals surface area contributed by atoms with Crippen molar-refractivity contribution in [3.8, 4) is 0 Å². The molecule has 4 heteroatoms. The molecule has 0 atom stereocenters. The van der Waals surface area contributed by atoms with Crippen molar-refractivity contribution in [3.05, 3.63) is 58.9 Å². The second-order valence-corrected chi connectivity index (χ2v) is 4.62. The van der Waals surface area contributed by atoms with Gasteiger partial charge in [-0.25, -0.2) is 4.39 Å². The summed E-state index contributed by atoms with van der Waals surface area (Å²) in [4.78, 5) is 16.2. The van der Waals surface area contributed by atoms with E-state index in [9.17, 15) is 9.18 Å². The van der Waals surface area contributed by atoms with E-state index in [0.29, 0.717) is 11.1 Å². The fraction of sp³-hybridized carbons (Fsp3) is 0. The number of carbonyl (C=O) groups is 1. The van der Waals surface area contributed by atoms with E-state index in [1.807, 2.05) is 11.4 Å². The molecule has 0 saturated heterocycles. The molecule has 1 aromatic carbocycles. The van der Waals surface area contributed by atoms with Gasteiger partial charge < -0.3 is 4.98 Å². The number of aromatic amines is 1. The maximum Gasteiger partial charge on any atom is 0.195 e. The quantitative estimate of drug-likeness (QED) is 0.687. The molecule has 0 unspecified atom stereocenters. The van der Waals surface area contributed by atoms with E-state index in [4.69, 9.17) is 0 Å². The smallest absolute Gasteiger partial charge is 0.195 e. The zero-order valence-electron chi connectivity index (χ0n) is 8.74. The van der Waals surface area contributed by atoms with Crippen LogP contribution in [0.4, 0.5) is 4.39 Å². The van der Waals surface area contributed by atoms with Gasteiger partial charge in [-0.3, -0.25) is 4.79 Å². The predicted octanol–water partition coefficient (Wildman–Crippen LogP) is 3.60. The van der Waals surface area contributed by atoms with E-state index in [2.05, 4.69) is 4.98 Å². The van der Waals surface area contributed by atoms with Gasteiger partial charge >= 0.3 is 0 Å². The molecule has 3 aromatic rings. The molecular weight excluding hydrogens is 237 g/mol. The summed E-state index contributed by atoms with van der Waals surface area (Å²) in [5.74, 6) is -0.425. The average molecular weight is 245 g/mol. The predicted molar refractivity (Wildman–Crippen MR) is 66.0 cm³/mol. The van der Waals surface area contributed by atoms with Crippen LogP contribution in [-0.4, -0.2) is 10.8 Å². The van der Waals surface area contributed by atoms with Crippen molar-refractivity contribution in [1.29, 1.82) is 0 Å². The minimum Gasteiger partial charge on any atom is -0.352 e. The van der Waals surface area contributed by atoms with Crippen molar-refractivity contribution >= 4 is 27.3 Å². The molecule has 3 rings (SSSR count). The monoisotopic (exact) mass is 245 g/mol. The Hall–Kier alpha value is -1.94. The number of fused-ring (bicyclic) bond motifs is 1. The van der Waals surface area contributed by atoms with Crippen molar-refractivity contribution in [1.82, 2.24) is 4.98 Å². The van der Waals surface area contributed by atoms with Crippen LogP contribution in [0.3, 0.4) is 0 Å². The lowest BCUT2D eigenvalue weighted by molar-refractivity contribution is 0.104. The van der Waals surface area contributed by atoms with Gasteiger partial charge in [-0.1, -0.05) is 0 Å². The molecule has 0 radical (unpaired) electrons. The number of ketones is 1. The summed E-state index contributed by atoms with van der Waals surface area (Å²) in [5.41, 5.74) is 1.13. The molecule has 2 aromatic heterocycles. The number of halogens is 1. The number of nitrogens with one attached hydrogen (secondary N) is 1. The van der Waals surface area contributed by atoms with Crippen LogP contribution >= 0.6 is 11.3 Å². The number of benzene rings is 1. The van der Waals surface area contributed by atoms with E-state index >= 15 is 0 Å². The number of rotatable bonds is 2. The first-order valence-corrected chi connectivity index (χ1v) is 5.98. The molecular formula is C13H8FNOS. The first-order valence-electron chi connectivity index (χ1n) is 5.10. The number of hydrogen-bond donors (Lipinski definition) is 1. The third kappa shape index (κ3) is 1.66. The molecule has 2 heterocycles. The minimum atomic E-state index is -0.337. The number of carbonyl (C=O) groups excluding carboxylic acids is 1. The molecule has 0 aliphatic heterocycles. The Morgan fingerprint density at radius 3 is 2.71 bits per heavy atom. The summed E-state index contributed by atoms with van der Waals surface area (Å²) in [6, 6.07) is 7.51. The van der Waals surface area contributed by atoms with Gasteiger partial charge in [0.15, 0.2) is 5.78 Å². The molecule has 0 saturated carbocycles. The zero-order valence-corrected chi connectivity index (χ0v) is 9.55. The van der Waals surface area contributed by atoms with E-state index in [-0.39, 0.29) is 11.6 Å². The first-order chi connectivity index (χ1) is 8.25. The van der Waals surface area contributed by atoms with Crippen LogP contribution in [0.5, 0.6) is 0 Å². The standard InChI is InChI=1S/C13H8FNOS/c14-9-3-1-8(2-4-9)12(16)11-7-15-13-10(11)5-6-17-13/h1-7,15H. The molecule has 2 nitrogen and oxygen atoms in total. The maximum atomic E-state index is 12.8. The van der Waals surface area contributed by atoms with Crippen molar-refractivity contribution in [2.24, 2.45) is 0 Å². The van der Waals surface area contributed by atoms with Crippen molar-refractivity contribution in [2.75, 3.05) is 0 Å². The largest absolute Gasteiger partial charge is 0.352 e. The van der Waals surface area contributed by atoms with Crippen molar-refractivity contribution in [3.63, 3.8) is 0 Å². The van der Waals surface area contributed by atoms with E-state index in [1.165, 1.54) is 24.3 Å². The third-order valence-corrected chi connectivity index (χ3v) is 3.50. The second kappa shape index (κ2) is 3.82. The highest BCUT2D eigenvalue weighted by atomic mass is 32.1.